The van der Waals surface area contributed by atoms with E-state index in [-0.39, 0.29) is 30.0 Å². The first-order chi connectivity index (χ1) is 8.54. The van der Waals surface area contributed by atoms with Gasteiger partial charge in [0.05, 0.1) is 17.6 Å². The zero-order chi connectivity index (χ0) is 13.5. The summed E-state index contributed by atoms with van der Waals surface area (Å²) in [5.41, 5.74) is -0.159. The number of ether oxygens (including phenoxy) is 1. The maximum Gasteiger partial charge on any atom is 0.317 e. The Bertz CT molecular complexity index is 527. The predicted molar refractivity (Wildman–Crippen MR) is 62.9 cm³/mol. The molecule has 0 atom stereocenters. The molecule has 1 aromatic rings. The van der Waals surface area contributed by atoms with Crippen molar-refractivity contribution < 1.29 is 19.6 Å². The molecule has 6 nitrogen and oxygen atoms in total. The highest BCUT2D eigenvalue weighted by Crippen LogP contribution is 2.22. The number of esters is 1. The number of hydrogen-bond donors (Lipinski definition) is 1. The highest BCUT2D eigenvalue weighted by atomic mass is 16.6. The molecule has 94 valence electrons. The van der Waals surface area contributed by atoms with E-state index in [2.05, 4.69) is 16.6 Å². The molecule has 18 heavy (non-hydrogen) atoms. The fourth-order valence-corrected chi connectivity index (χ4v) is 1.20. The summed E-state index contributed by atoms with van der Waals surface area (Å²) in [7, 11) is 0. The van der Waals surface area contributed by atoms with Gasteiger partial charge in [-0.05, 0) is 19.1 Å². The monoisotopic (exact) mass is 249 g/mol. The standard InChI is InChI=1S/C12H11NO5/c1-2-18-12(15)5-3-4-9-6-7-10(14)8-11(9)13(16)17/h6-8,14H,2,5H2,1H3. The van der Waals surface area contributed by atoms with Gasteiger partial charge in [-0.15, -0.1) is 0 Å². The number of nitro benzene ring substituents is 1. The minimum Gasteiger partial charge on any atom is -0.508 e. The van der Waals surface area contributed by atoms with E-state index in [0.29, 0.717) is 0 Å². The van der Waals surface area contributed by atoms with E-state index in [9.17, 15) is 14.9 Å². The molecular weight excluding hydrogens is 238 g/mol. The summed E-state index contributed by atoms with van der Waals surface area (Å²) in [5.74, 6) is 4.31. The number of benzene rings is 1. The zero-order valence-electron chi connectivity index (χ0n) is 9.67. The van der Waals surface area contributed by atoms with Gasteiger partial charge in [0, 0.05) is 0 Å². The van der Waals surface area contributed by atoms with Crippen molar-refractivity contribution in [1.29, 1.82) is 0 Å². The van der Waals surface area contributed by atoms with Crippen molar-refractivity contribution in [1.82, 2.24) is 0 Å². The minimum atomic E-state index is -0.645. The van der Waals surface area contributed by atoms with Crippen molar-refractivity contribution in [2.75, 3.05) is 6.61 Å². The van der Waals surface area contributed by atoms with E-state index < -0.39 is 10.9 Å². The largest absolute Gasteiger partial charge is 0.508 e. The lowest BCUT2D eigenvalue weighted by atomic mass is 10.1. The highest BCUT2D eigenvalue weighted by Gasteiger charge is 2.12. The van der Waals surface area contributed by atoms with Gasteiger partial charge in [-0.3, -0.25) is 14.9 Å². The molecule has 1 aromatic carbocycles. The Balaban J connectivity index is 2.88. The fraction of sp³-hybridized carbons (Fsp3) is 0.250. The van der Waals surface area contributed by atoms with Crippen LogP contribution in [0.4, 0.5) is 5.69 Å². The molecular formula is C12H11NO5. The van der Waals surface area contributed by atoms with Crippen LogP contribution in [0.15, 0.2) is 18.2 Å². The summed E-state index contributed by atoms with van der Waals surface area (Å²) in [6.07, 6.45) is -0.133. The lowest BCUT2D eigenvalue weighted by molar-refractivity contribution is -0.385. The fourth-order valence-electron chi connectivity index (χ4n) is 1.20. The van der Waals surface area contributed by atoms with E-state index in [1.165, 1.54) is 12.1 Å². The van der Waals surface area contributed by atoms with E-state index in [1.54, 1.807) is 6.92 Å². The van der Waals surface area contributed by atoms with Crippen LogP contribution in [0, 0.1) is 22.0 Å². The highest BCUT2D eigenvalue weighted by molar-refractivity contribution is 5.72. The normalized spacial score (nSPS) is 9.17. The maximum atomic E-state index is 11.0. The molecule has 0 saturated heterocycles. The maximum absolute atomic E-state index is 11.0. The van der Waals surface area contributed by atoms with E-state index in [0.717, 1.165) is 6.07 Å². The summed E-state index contributed by atoms with van der Waals surface area (Å²) >= 11 is 0. The number of nitrogens with zero attached hydrogens (tertiary/aromatic N) is 1. The van der Waals surface area contributed by atoms with Crippen LogP contribution in [-0.4, -0.2) is 22.6 Å². The second-order valence-corrected chi connectivity index (χ2v) is 3.24. The van der Waals surface area contributed by atoms with Gasteiger partial charge in [-0.25, -0.2) is 0 Å². The molecule has 0 aliphatic heterocycles. The van der Waals surface area contributed by atoms with Gasteiger partial charge in [0.15, 0.2) is 0 Å². The number of phenolic OH excluding ortho intramolecular Hbond substituents is 1. The van der Waals surface area contributed by atoms with E-state index in [1.807, 2.05) is 0 Å². The van der Waals surface area contributed by atoms with Gasteiger partial charge in [0.1, 0.15) is 17.7 Å². The van der Waals surface area contributed by atoms with Crippen LogP contribution in [0.25, 0.3) is 0 Å². The van der Waals surface area contributed by atoms with Crippen molar-refractivity contribution >= 4 is 11.7 Å². The average Bonchev–Trinajstić information content (AvgIpc) is 2.31. The number of nitro groups is 1. The average molecular weight is 249 g/mol. The summed E-state index contributed by atoms with van der Waals surface area (Å²) < 4.78 is 4.66. The van der Waals surface area contributed by atoms with E-state index in [4.69, 9.17) is 5.11 Å². The molecule has 0 heterocycles. The molecule has 6 heteroatoms. The summed E-state index contributed by atoms with van der Waals surface area (Å²) in [6, 6.07) is 3.63. The molecule has 0 spiro atoms. The zero-order valence-corrected chi connectivity index (χ0v) is 9.67. The summed E-state index contributed by atoms with van der Waals surface area (Å²) in [4.78, 5) is 21.1. The molecule has 0 saturated carbocycles. The van der Waals surface area contributed by atoms with Gasteiger partial charge in [-0.2, -0.15) is 0 Å². The van der Waals surface area contributed by atoms with Gasteiger partial charge in [-0.1, -0.05) is 11.8 Å². The van der Waals surface area contributed by atoms with Crippen molar-refractivity contribution in [2.24, 2.45) is 0 Å². The quantitative estimate of drug-likeness (QED) is 0.380. The van der Waals surface area contributed by atoms with Gasteiger partial charge in [0.2, 0.25) is 0 Å². The number of phenols is 1. The van der Waals surface area contributed by atoms with Crippen LogP contribution in [0.5, 0.6) is 5.75 Å². The molecule has 0 aliphatic carbocycles. The third-order valence-corrected chi connectivity index (χ3v) is 1.94. The van der Waals surface area contributed by atoms with Gasteiger partial charge < -0.3 is 9.84 Å². The Kier molecular flexibility index (Phi) is 4.69. The Morgan fingerprint density at radius 1 is 1.56 bits per heavy atom. The Labute approximate surface area is 103 Å². The molecule has 0 amide bonds. The van der Waals surface area contributed by atoms with Crippen LogP contribution in [-0.2, 0) is 9.53 Å². The van der Waals surface area contributed by atoms with Crippen molar-refractivity contribution in [2.45, 2.75) is 13.3 Å². The number of aromatic hydroxyl groups is 1. The number of rotatable bonds is 3. The molecule has 0 aromatic heterocycles. The Morgan fingerprint density at radius 2 is 2.28 bits per heavy atom. The number of carbonyl (C=O) groups excluding carboxylic acids is 1. The first-order valence-corrected chi connectivity index (χ1v) is 5.16. The molecule has 1 rings (SSSR count). The topological polar surface area (TPSA) is 89.7 Å². The predicted octanol–water partition coefficient (Wildman–Crippen LogP) is 1.61. The van der Waals surface area contributed by atoms with Crippen LogP contribution in [0.3, 0.4) is 0 Å². The molecule has 0 fully saturated rings. The number of hydrogen-bond acceptors (Lipinski definition) is 5. The van der Waals surface area contributed by atoms with Gasteiger partial charge >= 0.3 is 5.97 Å². The summed E-state index contributed by atoms with van der Waals surface area (Å²) in [6.45, 7) is 1.94. The molecule has 1 N–H and O–H groups in total. The van der Waals surface area contributed by atoms with E-state index >= 15 is 0 Å². The SMILES string of the molecule is CCOC(=O)CC#Cc1ccc(O)cc1[N+](=O)[O-]. The van der Waals surface area contributed by atoms with Crippen molar-refractivity contribution in [3.63, 3.8) is 0 Å². The van der Waals surface area contributed by atoms with Crippen molar-refractivity contribution in [3.05, 3.63) is 33.9 Å². The second-order valence-electron chi connectivity index (χ2n) is 3.24. The van der Waals surface area contributed by atoms with Crippen LogP contribution < -0.4 is 0 Å². The molecule has 0 unspecified atom stereocenters. The van der Waals surface area contributed by atoms with Gasteiger partial charge in [0.25, 0.3) is 5.69 Å². The first kappa shape index (κ1) is 13.5. The van der Waals surface area contributed by atoms with Crippen LogP contribution >= 0.6 is 0 Å². The minimum absolute atomic E-state index is 0.133. The Morgan fingerprint density at radius 3 is 2.89 bits per heavy atom. The van der Waals surface area contributed by atoms with Crippen LogP contribution in [0.1, 0.15) is 18.9 Å². The third-order valence-electron chi connectivity index (χ3n) is 1.94. The smallest absolute Gasteiger partial charge is 0.317 e. The Hall–Kier alpha value is -2.55. The number of carbonyl (C=O) groups is 1. The van der Waals surface area contributed by atoms with Crippen molar-refractivity contribution in [3.8, 4) is 17.6 Å². The lowest BCUT2D eigenvalue weighted by Crippen LogP contribution is -2.01. The molecule has 0 radical (unpaired) electrons. The second kappa shape index (κ2) is 6.25. The summed E-state index contributed by atoms with van der Waals surface area (Å²) in [5, 5.41) is 19.9. The first-order valence-electron chi connectivity index (χ1n) is 5.16. The third kappa shape index (κ3) is 3.79. The lowest BCUT2D eigenvalue weighted by Gasteiger charge is -1.97. The molecule has 0 aliphatic rings. The van der Waals surface area contributed by atoms with Crippen LogP contribution in [0.2, 0.25) is 0 Å². The molecule has 0 bridgehead atoms.